The standard InChI is InChI=1S/C18H14O4S2/c19-23(20)15-3-1-2-4-16(15)24(21,22)18-10-14-12-7-5-11(6-8-12)13(14)9-17(18)23/h1-5,7,9-12H,6,8H2/t11-,12+. The second-order valence-electron chi connectivity index (χ2n) is 6.56. The van der Waals surface area contributed by atoms with Gasteiger partial charge < -0.3 is 0 Å². The van der Waals surface area contributed by atoms with E-state index in [1.165, 1.54) is 12.1 Å². The van der Waals surface area contributed by atoms with E-state index in [-0.39, 0.29) is 31.4 Å². The van der Waals surface area contributed by atoms with Gasteiger partial charge in [-0.15, -0.1) is 0 Å². The number of hydrogen-bond acceptors (Lipinski definition) is 4. The summed E-state index contributed by atoms with van der Waals surface area (Å²) in [6.07, 6.45) is 6.19. The number of benzene rings is 2. The van der Waals surface area contributed by atoms with E-state index in [0.717, 1.165) is 24.0 Å². The lowest BCUT2D eigenvalue weighted by atomic mass is 9.72. The van der Waals surface area contributed by atoms with Gasteiger partial charge >= 0.3 is 0 Å². The van der Waals surface area contributed by atoms with Gasteiger partial charge in [0.2, 0.25) is 19.7 Å². The van der Waals surface area contributed by atoms with E-state index in [1.807, 2.05) is 0 Å². The molecule has 4 nitrogen and oxygen atoms in total. The topological polar surface area (TPSA) is 68.3 Å². The van der Waals surface area contributed by atoms with E-state index >= 15 is 0 Å². The minimum absolute atomic E-state index is 0.0686. The van der Waals surface area contributed by atoms with Crippen LogP contribution in [0.1, 0.15) is 35.8 Å². The molecule has 0 radical (unpaired) electrons. The van der Waals surface area contributed by atoms with Crippen LogP contribution in [0, 0.1) is 0 Å². The molecule has 0 unspecified atom stereocenters. The second-order valence-corrected chi connectivity index (χ2v) is 10.3. The lowest BCUT2D eigenvalue weighted by Crippen LogP contribution is -2.23. The van der Waals surface area contributed by atoms with Crippen LogP contribution in [0.5, 0.6) is 0 Å². The van der Waals surface area contributed by atoms with Crippen LogP contribution >= 0.6 is 0 Å². The molecule has 0 fully saturated rings. The highest BCUT2D eigenvalue weighted by molar-refractivity contribution is 7.97. The van der Waals surface area contributed by atoms with Crippen LogP contribution in [-0.4, -0.2) is 16.8 Å². The van der Waals surface area contributed by atoms with Gasteiger partial charge in [0, 0.05) is 11.8 Å². The van der Waals surface area contributed by atoms with Crippen molar-refractivity contribution in [2.45, 2.75) is 44.3 Å². The van der Waals surface area contributed by atoms with E-state index in [0.29, 0.717) is 0 Å². The molecule has 0 aromatic heterocycles. The molecule has 0 spiro atoms. The quantitative estimate of drug-likeness (QED) is 0.579. The lowest BCUT2D eigenvalue weighted by Gasteiger charge is -2.35. The summed E-state index contributed by atoms with van der Waals surface area (Å²) in [5, 5.41) is 0. The molecule has 2 aromatic rings. The third-order valence-electron chi connectivity index (χ3n) is 5.32. The molecule has 0 saturated carbocycles. The first-order valence-corrected chi connectivity index (χ1v) is 10.8. The van der Waals surface area contributed by atoms with Crippen molar-refractivity contribution >= 4 is 19.7 Å². The Kier molecular flexibility index (Phi) is 2.63. The number of hydrogen-bond donors (Lipinski definition) is 0. The first-order chi connectivity index (χ1) is 11.4. The van der Waals surface area contributed by atoms with E-state index in [4.69, 9.17) is 0 Å². The summed E-state index contributed by atoms with van der Waals surface area (Å²) in [6.45, 7) is 0. The van der Waals surface area contributed by atoms with Gasteiger partial charge in [-0.2, -0.15) is 0 Å². The van der Waals surface area contributed by atoms with Crippen molar-refractivity contribution in [3.63, 3.8) is 0 Å². The van der Waals surface area contributed by atoms with E-state index in [2.05, 4.69) is 12.2 Å². The normalized spacial score (nSPS) is 27.2. The fourth-order valence-electron chi connectivity index (χ4n) is 4.12. The first-order valence-electron chi connectivity index (χ1n) is 7.86. The molecule has 0 saturated heterocycles. The maximum atomic E-state index is 13.0. The Morgan fingerprint density at radius 2 is 1.08 bits per heavy atom. The third-order valence-corrected chi connectivity index (χ3v) is 9.28. The van der Waals surface area contributed by atoms with Crippen molar-refractivity contribution < 1.29 is 16.8 Å². The molecule has 122 valence electrons. The van der Waals surface area contributed by atoms with Crippen LogP contribution in [0.25, 0.3) is 0 Å². The molecule has 1 heterocycles. The zero-order chi connectivity index (χ0) is 16.7. The second kappa shape index (κ2) is 4.37. The molecule has 3 aliphatic carbocycles. The Morgan fingerprint density at radius 3 is 1.46 bits per heavy atom. The van der Waals surface area contributed by atoms with Gasteiger partial charge in [0.15, 0.2) is 0 Å². The number of fused-ring (bicyclic) bond motifs is 3. The molecular weight excluding hydrogens is 344 g/mol. The molecule has 2 aromatic carbocycles. The minimum atomic E-state index is -3.83. The van der Waals surface area contributed by atoms with Gasteiger partial charge in [0.1, 0.15) is 0 Å². The molecule has 1 aliphatic heterocycles. The predicted octanol–water partition coefficient (Wildman–Crippen LogP) is 3.20. The average Bonchev–Trinajstić information content (AvgIpc) is 2.61. The monoisotopic (exact) mass is 358 g/mol. The number of rotatable bonds is 0. The summed E-state index contributed by atoms with van der Waals surface area (Å²) < 4.78 is 52.0. The molecule has 2 bridgehead atoms. The molecule has 4 aliphatic rings. The van der Waals surface area contributed by atoms with Crippen molar-refractivity contribution in [2.24, 2.45) is 0 Å². The van der Waals surface area contributed by atoms with Crippen LogP contribution < -0.4 is 0 Å². The fraction of sp³-hybridized carbons (Fsp3) is 0.222. The summed E-state index contributed by atoms with van der Waals surface area (Å²) in [5.74, 6) is 0.371. The molecule has 0 N–H and O–H groups in total. The Bertz CT molecular complexity index is 1050. The number of sulfone groups is 2. The summed E-state index contributed by atoms with van der Waals surface area (Å²) in [7, 11) is -7.65. The van der Waals surface area contributed by atoms with Crippen LogP contribution in [0.15, 0.2) is 68.1 Å². The minimum Gasteiger partial charge on any atom is -0.218 e. The Morgan fingerprint density at radius 1 is 0.667 bits per heavy atom. The molecule has 24 heavy (non-hydrogen) atoms. The summed E-state index contributed by atoms with van der Waals surface area (Å²) in [4.78, 5) is -0.371. The van der Waals surface area contributed by atoms with Crippen LogP contribution in [-0.2, 0) is 19.7 Å². The van der Waals surface area contributed by atoms with Crippen LogP contribution in [0.3, 0.4) is 0 Å². The fourth-order valence-corrected chi connectivity index (χ4v) is 8.31. The van der Waals surface area contributed by atoms with E-state index in [9.17, 15) is 16.8 Å². The largest absolute Gasteiger partial charge is 0.218 e. The van der Waals surface area contributed by atoms with Crippen LogP contribution in [0.4, 0.5) is 0 Å². The predicted molar refractivity (Wildman–Crippen MR) is 87.6 cm³/mol. The molecule has 2 atom stereocenters. The molecule has 6 rings (SSSR count). The third kappa shape index (κ3) is 1.62. The molecule has 0 amide bonds. The van der Waals surface area contributed by atoms with E-state index in [1.54, 1.807) is 24.3 Å². The SMILES string of the molecule is O=S1(=O)c2ccccc2S(=O)(=O)c2cc3c(cc21)[C@@H]1C=C[C@H]3CC1. The highest BCUT2D eigenvalue weighted by Crippen LogP contribution is 2.49. The van der Waals surface area contributed by atoms with Crippen molar-refractivity contribution in [2.75, 3.05) is 0 Å². The summed E-state index contributed by atoms with van der Waals surface area (Å²) >= 11 is 0. The van der Waals surface area contributed by atoms with Crippen molar-refractivity contribution in [3.05, 3.63) is 59.7 Å². The number of allylic oxidation sites excluding steroid dienone is 2. The van der Waals surface area contributed by atoms with Gasteiger partial charge in [0.25, 0.3) is 0 Å². The van der Waals surface area contributed by atoms with E-state index < -0.39 is 19.7 Å². The Balaban J connectivity index is 1.91. The lowest BCUT2D eigenvalue weighted by molar-refractivity contribution is 0.543. The Labute approximate surface area is 140 Å². The average molecular weight is 358 g/mol. The maximum Gasteiger partial charge on any atom is 0.209 e. The summed E-state index contributed by atoms with van der Waals surface area (Å²) in [6, 6.07) is 9.06. The van der Waals surface area contributed by atoms with Gasteiger partial charge in [0.05, 0.1) is 19.6 Å². The molecular formula is C18H14O4S2. The van der Waals surface area contributed by atoms with Crippen LogP contribution in [0.2, 0.25) is 0 Å². The summed E-state index contributed by atoms with van der Waals surface area (Å²) in [5.41, 5.74) is 1.93. The zero-order valence-corrected chi connectivity index (χ0v) is 14.3. The van der Waals surface area contributed by atoms with Gasteiger partial charge in [-0.25, -0.2) is 16.8 Å². The first kappa shape index (κ1) is 14.4. The zero-order valence-electron chi connectivity index (χ0n) is 12.6. The van der Waals surface area contributed by atoms with Gasteiger partial charge in [-0.3, -0.25) is 0 Å². The molecule has 6 heteroatoms. The van der Waals surface area contributed by atoms with Gasteiger partial charge in [-0.1, -0.05) is 24.3 Å². The van der Waals surface area contributed by atoms with Crippen molar-refractivity contribution in [1.82, 2.24) is 0 Å². The maximum absolute atomic E-state index is 13.0. The highest BCUT2D eigenvalue weighted by atomic mass is 32.2. The Hall–Kier alpha value is -1.92. The van der Waals surface area contributed by atoms with Gasteiger partial charge in [-0.05, 0) is 48.2 Å². The smallest absolute Gasteiger partial charge is 0.209 e. The highest BCUT2D eigenvalue weighted by Gasteiger charge is 2.41. The van der Waals surface area contributed by atoms with Crippen molar-refractivity contribution in [3.8, 4) is 0 Å². The van der Waals surface area contributed by atoms with Crippen molar-refractivity contribution in [1.29, 1.82) is 0 Å².